The van der Waals surface area contributed by atoms with Crippen molar-refractivity contribution in [1.29, 1.82) is 0 Å². The summed E-state index contributed by atoms with van der Waals surface area (Å²) in [7, 11) is -3.54. The normalized spacial score (nSPS) is 18.0. The van der Waals surface area contributed by atoms with Crippen molar-refractivity contribution in [2.24, 2.45) is 0 Å². The molecule has 0 bridgehead atoms. The average Bonchev–Trinajstić information content (AvgIpc) is 2.62. The van der Waals surface area contributed by atoms with Crippen LogP contribution in [0.15, 0.2) is 53.4 Å². The molecule has 2 aromatic rings. The maximum absolute atomic E-state index is 12.5. The topological polar surface area (TPSA) is 64.6 Å². The van der Waals surface area contributed by atoms with Crippen LogP contribution < -0.4 is 9.46 Å². The molecule has 0 aliphatic carbocycles. The molecule has 1 N–H and O–H groups in total. The lowest BCUT2D eigenvalue weighted by atomic mass is 10.2. The fraction of sp³-hybridized carbons (Fsp3) is 0.368. The molecule has 1 aliphatic rings. The maximum Gasteiger partial charge on any atom is 0.241 e. The monoisotopic (exact) mass is 361 g/mol. The largest absolute Gasteiger partial charge is 0.465 e. The third-order valence-electron chi connectivity index (χ3n) is 4.15. The smallest absolute Gasteiger partial charge is 0.241 e. The molecule has 1 aliphatic heterocycles. The van der Waals surface area contributed by atoms with Crippen LogP contribution in [0.5, 0.6) is 5.75 Å². The lowest BCUT2D eigenvalue weighted by molar-refractivity contribution is -0.105. The first kappa shape index (κ1) is 17.9. The van der Waals surface area contributed by atoms with Crippen LogP contribution >= 0.6 is 0 Å². The van der Waals surface area contributed by atoms with Crippen molar-refractivity contribution in [2.45, 2.75) is 43.9 Å². The van der Waals surface area contributed by atoms with Gasteiger partial charge in [0, 0.05) is 13.0 Å². The number of nitrogens with one attached hydrogen (secondary N) is 1. The third kappa shape index (κ3) is 4.81. The first-order valence-corrected chi connectivity index (χ1v) is 9.95. The number of benzene rings is 2. The van der Waals surface area contributed by atoms with Crippen molar-refractivity contribution in [3.05, 3.63) is 59.7 Å². The Balaban J connectivity index is 1.65. The SMILES string of the molecule is Cc1ccccc1S(=O)(=O)NCc1cccc(OC2CCCCO2)c1. The summed E-state index contributed by atoms with van der Waals surface area (Å²) in [5, 5.41) is 0. The Kier molecular flexibility index (Phi) is 5.73. The van der Waals surface area contributed by atoms with Crippen molar-refractivity contribution in [3.8, 4) is 5.75 Å². The van der Waals surface area contributed by atoms with Gasteiger partial charge in [-0.3, -0.25) is 0 Å². The summed E-state index contributed by atoms with van der Waals surface area (Å²) >= 11 is 0. The molecule has 0 amide bonds. The number of hydrogen-bond donors (Lipinski definition) is 1. The molecule has 2 aromatic carbocycles. The summed E-state index contributed by atoms with van der Waals surface area (Å²) < 4.78 is 39.0. The molecule has 1 unspecified atom stereocenters. The van der Waals surface area contributed by atoms with Crippen LogP contribution in [-0.2, 0) is 21.3 Å². The van der Waals surface area contributed by atoms with E-state index in [1.807, 2.05) is 30.3 Å². The van der Waals surface area contributed by atoms with Gasteiger partial charge in [0.05, 0.1) is 11.5 Å². The van der Waals surface area contributed by atoms with E-state index in [0.29, 0.717) is 10.6 Å². The van der Waals surface area contributed by atoms with Gasteiger partial charge in [-0.2, -0.15) is 0 Å². The minimum Gasteiger partial charge on any atom is -0.465 e. The van der Waals surface area contributed by atoms with Crippen molar-refractivity contribution in [2.75, 3.05) is 6.61 Å². The standard InChI is InChI=1S/C19H23NO4S/c1-15-7-2-3-10-18(15)25(21,22)20-14-16-8-6-9-17(13-16)24-19-11-4-5-12-23-19/h2-3,6-10,13,19-20H,4-5,11-12,14H2,1H3. The summed E-state index contributed by atoms with van der Waals surface area (Å²) in [6.07, 6.45) is 2.83. The fourth-order valence-electron chi connectivity index (χ4n) is 2.80. The van der Waals surface area contributed by atoms with Crippen LogP contribution in [0.1, 0.15) is 30.4 Å². The molecule has 5 nitrogen and oxygen atoms in total. The van der Waals surface area contributed by atoms with Gasteiger partial charge in [-0.15, -0.1) is 0 Å². The average molecular weight is 361 g/mol. The molecule has 134 valence electrons. The van der Waals surface area contributed by atoms with E-state index in [1.165, 1.54) is 0 Å². The van der Waals surface area contributed by atoms with E-state index in [-0.39, 0.29) is 12.8 Å². The zero-order valence-electron chi connectivity index (χ0n) is 14.3. The molecule has 0 spiro atoms. The van der Waals surface area contributed by atoms with Crippen molar-refractivity contribution < 1.29 is 17.9 Å². The highest BCUT2D eigenvalue weighted by Crippen LogP contribution is 2.21. The van der Waals surface area contributed by atoms with Crippen molar-refractivity contribution in [1.82, 2.24) is 4.72 Å². The van der Waals surface area contributed by atoms with E-state index in [4.69, 9.17) is 9.47 Å². The fourth-order valence-corrected chi connectivity index (χ4v) is 4.06. The molecule has 0 saturated carbocycles. The van der Waals surface area contributed by atoms with E-state index in [2.05, 4.69) is 4.72 Å². The Morgan fingerprint density at radius 3 is 2.76 bits per heavy atom. The van der Waals surface area contributed by atoms with Crippen LogP contribution in [0, 0.1) is 6.92 Å². The Bertz CT molecular complexity index is 814. The van der Waals surface area contributed by atoms with Gasteiger partial charge in [0.2, 0.25) is 10.0 Å². The number of ether oxygens (including phenoxy) is 2. The summed E-state index contributed by atoms with van der Waals surface area (Å²) in [5.74, 6) is 0.694. The Morgan fingerprint density at radius 1 is 1.16 bits per heavy atom. The van der Waals surface area contributed by atoms with Gasteiger partial charge in [0.1, 0.15) is 5.75 Å². The van der Waals surface area contributed by atoms with Gasteiger partial charge in [-0.25, -0.2) is 13.1 Å². The van der Waals surface area contributed by atoms with Gasteiger partial charge < -0.3 is 9.47 Å². The number of hydrogen-bond acceptors (Lipinski definition) is 4. The molecular weight excluding hydrogens is 338 g/mol. The Morgan fingerprint density at radius 2 is 2.00 bits per heavy atom. The predicted molar refractivity (Wildman–Crippen MR) is 95.9 cm³/mol. The Hall–Kier alpha value is -1.89. The first-order valence-electron chi connectivity index (χ1n) is 8.47. The third-order valence-corrected chi connectivity index (χ3v) is 5.71. The van der Waals surface area contributed by atoms with Gasteiger partial charge >= 0.3 is 0 Å². The summed E-state index contributed by atoms with van der Waals surface area (Å²) in [6.45, 7) is 2.72. The van der Waals surface area contributed by atoms with Crippen LogP contribution in [0.3, 0.4) is 0 Å². The maximum atomic E-state index is 12.5. The molecule has 1 atom stereocenters. The lowest BCUT2D eigenvalue weighted by Gasteiger charge is -2.23. The van der Waals surface area contributed by atoms with Crippen molar-refractivity contribution in [3.63, 3.8) is 0 Å². The number of rotatable bonds is 6. The van der Waals surface area contributed by atoms with Gasteiger partial charge in [0.15, 0.2) is 6.29 Å². The van der Waals surface area contributed by atoms with E-state index < -0.39 is 10.0 Å². The molecule has 3 rings (SSSR count). The second-order valence-corrected chi connectivity index (χ2v) is 7.89. The van der Waals surface area contributed by atoms with Crippen LogP contribution in [0.25, 0.3) is 0 Å². The zero-order chi connectivity index (χ0) is 17.7. The van der Waals surface area contributed by atoms with E-state index >= 15 is 0 Å². The summed E-state index contributed by atoms with van der Waals surface area (Å²) in [6, 6.07) is 14.4. The van der Waals surface area contributed by atoms with Gasteiger partial charge in [-0.05, 0) is 49.1 Å². The molecule has 1 fully saturated rings. The van der Waals surface area contributed by atoms with E-state index in [9.17, 15) is 8.42 Å². The van der Waals surface area contributed by atoms with E-state index in [1.54, 1.807) is 25.1 Å². The predicted octanol–water partition coefficient (Wildman–Crippen LogP) is 3.38. The lowest BCUT2D eigenvalue weighted by Crippen LogP contribution is -2.25. The molecule has 0 aromatic heterocycles. The van der Waals surface area contributed by atoms with Gasteiger partial charge in [-0.1, -0.05) is 30.3 Å². The molecule has 25 heavy (non-hydrogen) atoms. The summed E-state index contributed by atoms with van der Waals surface area (Å²) in [4.78, 5) is 0.304. The highest BCUT2D eigenvalue weighted by Gasteiger charge is 2.17. The number of aryl methyl sites for hydroxylation is 1. The minimum atomic E-state index is -3.54. The molecule has 1 saturated heterocycles. The van der Waals surface area contributed by atoms with Crippen LogP contribution in [0.4, 0.5) is 0 Å². The van der Waals surface area contributed by atoms with Crippen molar-refractivity contribution >= 4 is 10.0 Å². The molecule has 1 heterocycles. The highest BCUT2D eigenvalue weighted by atomic mass is 32.2. The van der Waals surface area contributed by atoms with E-state index in [0.717, 1.165) is 37.0 Å². The Labute approximate surface area is 149 Å². The molecule has 6 heteroatoms. The quantitative estimate of drug-likeness (QED) is 0.857. The van der Waals surface area contributed by atoms with Crippen LogP contribution in [0.2, 0.25) is 0 Å². The minimum absolute atomic E-state index is 0.208. The molecular formula is C19H23NO4S. The first-order chi connectivity index (χ1) is 12.0. The van der Waals surface area contributed by atoms with Gasteiger partial charge in [0.25, 0.3) is 0 Å². The summed E-state index contributed by atoms with van der Waals surface area (Å²) in [5.41, 5.74) is 1.56. The molecule has 0 radical (unpaired) electrons. The number of sulfonamides is 1. The second kappa shape index (κ2) is 7.99. The van der Waals surface area contributed by atoms with Crippen LogP contribution in [-0.4, -0.2) is 21.3 Å². The second-order valence-electron chi connectivity index (χ2n) is 6.15. The zero-order valence-corrected chi connectivity index (χ0v) is 15.1. The highest BCUT2D eigenvalue weighted by molar-refractivity contribution is 7.89.